The van der Waals surface area contributed by atoms with Crippen LogP contribution in [0.4, 0.5) is 0 Å². The van der Waals surface area contributed by atoms with E-state index in [4.69, 9.17) is 9.78 Å². The van der Waals surface area contributed by atoms with Gasteiger partial charge in [-0.15, -0.1) is 0 Å². The molecule has 9 heavy (non-hydrogen) atoms. The van der Waals surface area contributed by atoms with Crippen molar-refractivity contribution in [2.24, 2.45) is 0 Å². The van der Waals surface area contributed by atoms with Crippen LogP contribution in [0.2, 0.25) is 0 Å². The number of rotatable bonds is 0. The van der Waals surface area contributed by atoms with Crippen LogP contribution in [0.5, 0.6) is 0 Å². The van der Waals surface area contributed by atoms with E-state index in [1.807, 2.05) is 0 Å². The van der Waals surface area contributed by atoms with Gasteiger partial charge in [-0.2, -0.15) is 9.78 Å². The molecule has 0 radical (unpaired) electrons. The summed E-state index contributed by atoms with van der Waals surface area (Å²) in [4.78, 5) is 18.8. The van der Waals surface area contributed by atoms with Crippen LogP contribution in [0.3, 0.4) is 0 Å². The second kappa shape index (κ2) is 2.62. The smallest absolute Gasteiger partial charge is 0.228 e. The van der Waals surface area contributed by atoms with Gasteiger partial charge < -0.3 is 0 Å². The predicted molar refractivity (Wildman–Crippen MR) is 28.2 cm³/mol. The van der Waals surface area contributed by atoms with Crippen LogP contribution in [-0.2, 0) is 19.6 Å². The summed E-state index contributed by atoms with van der Waals surface area (Å²) in [7, 11) is 0. The Bertz CT molecular complexity index is 81.0. The lowest BCUT2D eigenvalue weighted by Crippen LogP contribution is -2.25. The van der Waals surface area contributed by atoms with Crippen LogP contribution in [0.25, 0.3) is 0 Å². The van der Waals surface area contributed by atoms with E-state index in [2.05, 4.69) is 9.78 Å². The zero-order chi connectivity index (χ0) is 6.74. The Morgan fingerprint density at radius 3 is 1.89 bits per heavy atom. The van der Waals surface area contributed by atoms with Crippen LogP contribution in [0, 0.1) is 0 Å². The zero-order valence-corrected chi connectivity index (χ0v) is 5.55. The lowest BCUT2D eigenvalue weighted by molar-refractivity contribution is -0.466. The Kier molecular flexibility index (Phi) is 2.02. The molecule has 0 aromatic rings. The first-order valence-corrected chi connectivity index (χ1v) is 2.82. The van der Waals surface area contributed by atoms with E-state index >= 15 is 0 Å². The van der Waals surface area contributed by atoms with E-state index < -0.39 is 5.79 Å². The summed E-state index contributed by atoms with van der Waals surface area (Å²) in [6.45, 7) is 4.23. The highest BCUT2D eigenvalue weighted by atomic mass is 17.3. The van der Waals surface area contributed by atoms with Gasteiger partial charge in [0.25, 0.3) is 0 Å². The van der Waals surface area contributed by atoms with Crippen molar-refractivity contribution in [3.8, 4) is 0 Å². The molecule has 4 nitrogen and oxygen atoms in total. The van der Waals surface area contributed by atoms with Crippen molar-refractivity contribution in [2.45, 2.75) is 19.6 Å². The molecule has 1 fully saturated rings. The van der Waals surface area contributed by atoms with E-state index in [0.29, 0.717) is 13.2 Å². The minimum Gasteiger partial charge on any atom is -0.231 e. The fraction of sp³-hybridized carbons (Fsp3) is 1.00. The highest BCUT2D eigenvalue weighted by Gasteiger charge is 2.24. The summed E-state index contributed by atoms with van der Waals surface area (Å²) in [6, 6.07) is 0. The molecule has 0 saturated carbocycles. The Balaban J connectivity index is 2.36. The molecule has 0 N–H and O–H groups in total. The molecular weight excluding hydrogens is 124 g/mol. The molecule has 1 aliphatic heterocycles. The van der Waals surface area contributed by atoms with Gasteiger partial charge in [-0.25, -0.2) is 9.78 Å². The van der Waals surface area contributed by atoms with Gasteiger partial charge in [0, 0.05) is 0 Å². The average molecular weight is 134 g/mol. The third-order valence-electron chi connectivity index (χ3n) is 0.769. The summed E-state index contributed by atoms with van der Waals surface area (Å²) in [5, 5.41) is 0. The van der Waals surface area contributed by atoms with Crippen molar-refractivity contribution in [3.63, 3.8) is 0 Å². The third-order valence-corrected chi connectivity index (χ3v) is 0.769. The van der Waals surface area contributed by atoms with Crippen LogP contribution in [-0.4, -0.2) is 19.0 Å². The molecule has 54 valence electrons. The van der Waals surface area contributed by atoms with E-state index in [0.717, 1.165) is 0 Å². The minimum atomic E-state index is -0.781. The van der Waals surface area contributed by atoms with Crippen LogP contribution >= 0.6 is 0 Å². The van der Waals surface area contributed by atoms with Crippen molar-refractivity contribution in [3.05, 3.63) is 0 Å². The summed E-state index contributed by atoms with van der Waals surface area (Å²) < 4.78 is 0. The van der Waals surface area contributed by atoms with Crippen LogP contribution in [0.15, 0.2) is 0 Å². The van der Waals surface area contributed by atoms with Crippen molar-refractivity contribution in [2.75, 3.05) is 13.2 Å². The van der Waals surface area contributed by atoms with E-state index in [1.54, 1.807) is 13.8 Å². The standard InChI is InChI=1S/C5H10O4/c1-5(2)8-6-3-4-7-9-5/h3-4H2,1-2H3. The minimum absolute atomic E-state index is 0.406. The maximum atomic E-state index is 4.74. The Morgan fingerprint density at radius 2 is 1.44 bits per heavy atom. The van der Waals surface area contributed by atoms with Gasteiger partial charge in [-0.1, -0.05) is 0 Å². The first-order chi connectivity index (χ1) is 4.21. The third kappa shape index (κ3) is 2.28. The first kappa shape index (κ1) is 6.95. The molecule has 0 spiro atoms. The molecule has 0 bridgehead atoms. The van der Waals surface area contributed by atoms with E-state index in [1.165, 1.54) is 0 Å². The predicted octanol–water partition coefficient (Wildman–Crippen LogP) is 0.632. The molecule has 4 heteroatoms. The van der Waals surface area contributed by atoms with Gasteiger partial charge in [0.1, 0.15) is 13.2 Å². The molecule has 0 unspecified atom stereocenters. The monoisotopic (exact) mass is 134 g/mol. The zero-order valence-electron chi connectivity index (χ0n) is 5.55. The summed E-state index contributed by atoms with van der Waals surface area (Å²) >= 11 is 0. The van der Waals surface area contributed by atoms with Crippen molar-refractivity contribution < 1.29 is 19.6 Å². The SMILES string of the molecule is CC1(C)OOCCOO1. The summed E-state index contributed by atoms with van der Waals surface area (Å²) in [6.07, 6.45) is 0. The number of hydrogen-bond donors (Lipinski definition) is 0. The highest BCUT2D eigenvalue weighted by molar-refractivity contribution is 4.46. The van der Waals surface area contributed by atoms with E-state index in [9.17, 15) is 0 Å². The molecule has 1 aliphatic rings. The fourth-order valence-electron chi connectivity index (χ4n) is 0.449. The molecule has 1 heterocycles. The second-order valence-corrected chi connectivity index (χ2v) is 2.21. The van der Waals surface area contributed by atoms with Crippen LogP contribution in [0.1, 0.15) is 13.8 Å². The largest absolute Gasteiger partial charge is 0.231 e. The summed E-state index contributed by atoms with van der Waals surface area (Å²) in [5.41, 5.74) is 0. The van der Waals surface area contributed by atoms with Gasteiger partial charge in [-0.3, -0.25) is 0 Å². The van der Waals surface area contributed by atoms with Gasteiger partial charge in [0.2, 0.25) is 5.79 Å². The molecular formula is C5H10O4. The van der Waals surface area contributed by atoms with Gasteiger partial charge >= 0.3 is 0 Å². The Labute approximate surface area is 53.5 Å². The molecule has 1 saturated heterocycles. The quantitative estimate of drug-likeness (QED) is 0.455. The normalized spacial score (nSPS) is 27.3. The van der Waals surface area contributed by atoms with Crippen molar-refractivity contribution in [1.29, 1.82) is 0 Å². The maximum absolute atomic E-state index is 4.74. The van der Waals surface area contributed by atoms with Crippen molar-refractivity contribution in [1.82, 2.24) is 0 Å². The molecule has 0 aliphatic carbocycles. The fourth-order valence-corrected chi connectivity index (χ4v) is 0.449. The Morgan fingerprint density at radius 1 is 1.00 bits per heavy atom. The second-order valence-electron chi connectivity index (χ2n) is 2.21. The molecule has 1 rings (SSSR count). The molecule has 0 aromatic carbocycles. The van der Waals surface area contributed by atoms with Gasteiger partial charge in [0.05, 0.1) is 0 Å². The molecule has 0 amide bonds. The summed E-state index contributed by atoms with van der Waals surface area (Å²) in [5.74, 6) is -0.781. The highest BCUT2D eigenvalue weighted by Crippen LogP contribution is 2.13. The topological polar surface area (TPSA) is 36.9 Å². The maximum Gasteiger partial charge on any atom is 0.228 e. The Hall–Kier alpha value is -0.160. The number of hydrogen-bond acceptors (Lipinski definition) is 4. The first-order valence-electron chi connectivity index (χ1n) is 2.82. The van der Waals surface area contributed by atoms with Crippen molar-refractivity contribution >= 4 is 0 Å². The lowest BCUT2D eigenvalue weighted by Gasteiger charge is -2.17. The van der Waals surface area contributed by atoms with E-state index in [-0.39, 0.29) is 0 Å². The molecule has 0 atom stereocenters. The average Bonchev–Trinajstić information content (AvgIpc) is 1.92. The lowest BCUT2D eigenvalue weighted by atomic mass is 10.4. The molecule has 0 aromatic heterocycles. The van der Waals surface area contributed by atoms with Gasteiger partial charge in [-0.05, 0) is 13.8 Å². The van der Waals surface area contributed by atoms with Crippen LogP contribution < -0.4 is 0 Å². The van der Waals surface area contributed by atoms with Gasteiger partial charge in [0.15, 0.2) is 0 Å².